The molecule has 0 saturated carbocycles. The number of Topliss-reactive ketones (excluding diaryl/α,β-unsaturated/α-hetero) is 1. The molecule has 1 aliphatic rings. The van der Waals surface area contributed by atoms with Crippen molar-refractivity contribution in [3.8, 4) is 5.69 Å². The lowest BCUT2D eigenvalue weighted by atomic mass is 10.1. The molecule has 6 nitrogen and oxygen atoms in total. The average Bonchev–Trinajstić information content (AvgIpc) is 2.97. The number of carbonyl (C=O) groups is 1. The Kier molecular flexibility index (Phi) is 5.08. The van der Waals surface area contributed by atoms with Crippen molar-refractivity contribution in [3.63, 3.8) is 0 Å². The van der Waals surface area contributed by atoms with Gasteiger partial charge in [-0.2, -0.15) is 0 Å². The Morgan fingerprint density at radius 2 is 1.86 bits per heavy atom. The van der Waals surface area contributed by atoms with Crippen LogP contribution < -0.4 is 5.14 Å². The molecular formula is C21H24N2O4S. The summed E-state index contributed by atoms with van der Waals surface area (Å²) < 4.78 is 31.1. The van der Waals surface area contributed by atoms with Crippen LogP contribution in [0.15, 0.2) is 53.5 Å². The minimum atomic E-state index is -3.78. The number of hydrogen-bond acceptors (Lipinski definition) is 4. The maximum absolute atomic E-state index is 12.4. The van der Waals surface area contributed by atoms with E-state index >= 15 is 0 Å². The third-order valence-corrected chi connectivity index (χ3v) is 5.59. The third kappa shape index (κ3) is 3.81. The van der Waals surface area contributed by atoms with E-state index in [1.54, 1.807) is 12.1 Å². The summed E-state index contributed by atoms with van der Waals surface area (Å²) in [6.07, 6.45) is 6.13. The molecule has 0 atom stereocenters. The Bertz CT molecular complexity index is 1090. The summed E-state index contributed by atoms with van der Waals surface area (Å²) in [6.45, 7) is 7.59. The number of hydrogen-bond donors (Lipinski definition) is 1. The lowest BCUT2D eigenvalue weighted by Gasteiger charge is -2.28. The third-order valence-electron chi connectivity index (χ3n) is 4.66. The fraction of sp³-hybridized carbons (Fsp3) is 0.286. The van der Waals surface area contributed by atoms with Gasteiger partial charge in [0.05, 0.1) is 10.6 Å². The first-order valence-corrected chi connectivity index (χ1v) is 10.6. The molecular weight excluding hydrogens is 376 g/mol. The molecule has 1 aromatic heterocycles. The molecule has 2 aromatic rings. The monoisotopic (exact) mass is 400 g/mol. The second-order valence-electron chi connectivity index (χ2n) is 7.28. The molecule has 1 aromatic carbocycles. The molecule has 0 bridgehead atoms. The van der Waals surface area contributed by atoms with E-state index in [1.807, 2.05) is 56.6 Å². The maximum atomic E-state index is 12.4. The van der Waals surface area contributed by atoms with Crippen molar-refractivity contribution >= 4 is 21.6 Å². The molecule has 0 unspecified atom stereocenters. The van der Waals surface area contributed by atoms with Crippen LogP contribution in [-0.4, -0.2) is 24.4 Å². The number of nitrogens with two attached hydrogens (primary N) is 1. The van der Waals surface area contributed by atoms with Gasteiger partial charge in [0.15, 0.2) is 5.78 Å². The van der Waals surface area contributed by atoms with Gasteiger partial charge in [-0.1, -0.05) is 13.0 Å². The fourth-order valence-corrected chi connectivity index (χ4v) is 3.75. The summed E-state index contributed by atoms with van der Waals surface area (Å²) >= 11 is 0. The van der Waals surface area contributed by atoms with Gasteiger partial charge in [0.2, 0.25) is 10.0 Å². The molecule has 0 spiro atoms. The molecule has 2 N–H and O–H groups in total. The summed E-state index contributed by atoms with van der Waals surface area (Å²) in [7, 11) is -3.78. The minimum absolute atomic E-state index is 0.0321. The molecule has 3 rings (SSSR count). The average molecular weight is 401 g/mol. The zero-order chi connectivity index (χ0) is 20.7. The molecule has 0 radical (unpaired) electrons. The van der Waals surface area contributed by atoms with Crippen molar-refractivity contribution in [2.24, 2.45) is 5.14 Å². The number of ketones is 1. The Morgan fingerprint density at radius 1 is 1.21 bits per heavy atom. The van der Waals surface area contributed by atoms with Crippen molar-refractivity contribution in [1.29, 1.82) is 0 Å². The van der Waals surface area contributed by atoms with Gasteiger partial charge in [0.1, 0.15) is 11.4 Å². The number of allylic oxidation sites excluding steroid dienone is 2. The first kappa shape index (κ1) is 20.1. The number of rotatable bonds is 5. The van der Waals surface area contributed by atoms with Gasteiger partial charge < -0.3 is 9.30 Å². The van der Waals surface area contributed by atoms with E-state index in [0.29, 0.717) is 23.4 Å². The first-order chi connectivity index (χ1) is 13.0. The van der Waals surface area contributed by atoms with Crippen molar-refractivity contribution < 1.29 is 17.9 Å². The summed E-state index contributed by atoms with van der Waals surface area (Å²) in [5.74, 6) is 0.672. The highest BCUT2D eigenvalue weighted by molar-refractivity contribution is 7.89. The largest absolute Gasteiger partial charge is 0.482 e. The Labute approximate surface area is 165 Å². The quantitative estimate of drug-likeness (QED) is 0.774. The zero-order valence-electron chi connectivity index (χ0n) is 16.4. The second kappa shape index (κ2) is 7.07. The highest BCUT2D eigenvalue weighted by Gasteiger charge is 2.26. The van der Waals surface area contributed by atoms with Crippen LogP contribution in [0, 0.1) is 6.92 Å². The standard InChI is InChI=1S/C21H24N2O4S/c1-5-19(24)17-13-18(20-7-6-12-21(3,4)27-20)23(14(17)2)15-8-10-16(11-9-15)28(22,25)26/h6-13H,5H2,1-4H3,(H2,22,25,26). The first-order valence-electron chi connectivity index (χ1n) is 9.01. The summed E-state index contributed by atoms with van der Waals surface area (Å²) in [4.78, 5) is 12.5. The maximum Gasteiger partial charge on any atom is 0.238 e. The highest BCUT2D eigenvalue weighted by Crippen LogP contribution is 2.33. The van der Waals surface area contributed by atoms with Crippen LogP contribution in [0.4, 0.5) is 0 Å². The number of carbonyl (C=O) groups excluding carboxylic acids is 1. The predicted octanol–water partition coefficient (Wildman–Crippen LogP) is 3.73. The van der Waals surface area contributed by atoms with Gasteiger partial charge in [-0.3, -0.25) is 4.79 Å². The minimum Gasteiger partial charge on any atom is -0.482 e. The van der Waals surface area contributed by atoms with E-state index in [4.69, 9.17) is 9.88 Å². The summed E-state index contributed by atoms with van der Waals surface area (Å²) in [5.41, 5.74) is 2.36. The van der Waals surface area contributed by atoms with E-state index in [2.05, 4.69) is 0 Å². The summed E-state index contributed by atoms with van der Waals surface area (Å²) in [6, 6.07) is 8.07. The number of nitrogens with zero attached hydrogens (tertiary/aromatic N) is 1. The Morgan fingerprint density at radius 3 is 2.39 bits per heavy atom. The lowest BCUT2D eigenvalue weighted by molar-refractivity contribution is 0.0987. The summed E-state index contributed by atoms with van der Waals surface area (Å²) in [5, 5.41) is 5.20. The van der Waals surface area contributed by atoms with Gasteiger partial charge >= 0.3 is 0 Å². The van der Waals surface area contributed by atoms with E-state index in [9.17, 15) is 13.2 Å². The lowest BCUT2D eigenvalue weighted by Crippen LogP contribution is -2.23. The normalized spacial score (nSPS) is 15.8. The van der Waals surface area contributed by atoms with Crippen LogP contribution in [0.25, 0.3) is 11.4 Å². The van der Waals surface area contributed by atoms with Crippen LogP contribution in [0.5, 0.6) is 0 Å². The van der Waals surface area contributed by atoms with Crippen molar-refractivity contribution in [2.45, 2.75) is 44.6 Å². The number of aromatic nitrogens is 1. The highest BCUT2D eigenvalue weighted by atomic mass is 32.2. The molecule has 148 valence electrons. The fourth-order valence-electron chi connectivity index (χ4n) is 3.23. The predicted molar refractivity (Wildman–Crippen MR) is 109 cm³/mol. The SMILES string of the molecule is CCC(=O)c1cc(C2=CC=CC(C)(C)O2)n(-c2ccc(S(N)(=O)=O)cc2)c1C. The van der Waals surface area contributed by atoms with Crippen LogP contribution >= 0.6 is 0 Å². The van der Waals surface area contributed by atoms with E-state index in [-0.39, 0.29) is 10.7 Å². The Balaban J connectivity index is 2.19. The molecule has 1 aliphatic heterocycles. The van der Waals surface area contributed by atoms with Gasteiger partial charge in [-0.05, 0) is 63.3 Å². The van der Waals surface area contributed by atoms with Gasteiger partial charge in [-0.25, -0.2) is 13.6 Å². The van der Waals surface area contributed by atoms with Crippen molar-refractivity contribution in [2.75, 3.05) is 0 Å². The Hall–Kier alpha value is -2.64. The van der Waals surface area contributed by atoms with E-state index in [0.717, 1.165) is 11.4 Å². The number of sulfonamides is 1. The van der Waals surface area contributed by atoms with Crippen LogP contribution in [-0.2, 0) is 14.8 Å². The van der Waals surface area contributed by atoms with Crippen LogP contribution in [0.3, 0.4) is 0 Å². The van der Waals surface area contributed by atoms with E-state index in [1.165, 1.54) is 12.1 Å². The van der Waals surface area contributed by atoms with Crippen LogP contribution in [0.1, 0.15) is 48.9 Å². The van der Waals surface area contributed by atoms with Crippen molar-refractivity contribution in [1.82, 2.24) is 4.57 Å². The van der Waals surface area contributed by atoms with E-state index < -0.39 is 15.6 Å². The van der Waals surface area contributed by atoms with Gasteiger partial charge in [0.25, 0.3) is 0 Å². The van der Waals surface area contributed by atoms with Gasteiger partial charge in [0, 0.05) is 23.4 Å². The molecule has 0 saturated heterocycles. The molecule has 0 fully saturated rings. The number of primary sulfonamides is 1. The molecule has 7 heteroatoms. The smallest absolute Gasteiger partial charge is 0.238 e. The molecule has 0 aliphatic carbocycles. The topological polar surface area (TPSA) is 91.4 Å². The zero-order valence-corrected chi connectivity index (χ0v) is 17.2. The number of ether oxygens (including phenoxy) is 1. The molecule has 0 amide bonds. The molecule has 28 heavy (non-hydrogen) atoms. The molecule has 2 heterocycles. The van der Waals surface area contributed by atoms with Gasteiger partial charge in [-0.15, -0.1) is 0 Å². The van der Waals surface area contributed by atoms with Crippen LogP contribution in [0.2, 0.25) is 0 Å². The number of benzene rings is 1. The second-order valence-corrected chi connectivity index (χ2v) is 8.84. The van der Waals surface area contributed by atoms with Crippen molar-refractivity contribution in [3.05, 3.63) is 65.5 Å².